The number of aromatic amines is 1. The highest BCUT2D eigenvalue weighted by Gasteiger charge is 2.37. The molecule has 9 nitrogen and oxygen atoms in total. The van der Waals surface area contributed by atoms with E-state index in [-0.39, 0.29) is 24.1 Å². The van der Waals surface area contributed by atoms with Crippen molar-refractivity contribution in [1.29, 1.82) is 0 Å². The average Bonchev–Trinajstić information content (AvgIpc) is 2.78. The van der Waals surface area contributed by atoms with Crippen LogP contribution in [-0.2, 0) is 4.74 Å². The van der Waals surface area contributed by atoms with Crippen molar-refractivity contribution in [2.75, 3.05) is 24.3 Å². The molecule has 9 heteroatoms. The van der Waals surface area contributed by atoms with Crippen LogP contribution in [0.2, 0.25) is 0 Å². The monoisotopic (exact) mass is 283 g/mol. The summed E-state index contributed by atoms with van der Waals surface area (Å²) in [6.07, 6.45) is -1.74. The molecule has 1 fully saturated rings. The van der Waals surface area contributed by atoms with E-state index >= 15 is 0 Å². The summed E-state index contributed by atoms with van der Waals surface area (Å²) in [4.78, 5) is 23.1. The van der Waals surface area contributed by atoms with Gasteiger partial charge in [0.05, 0.1) is 12.7 Å². The summed E-state index contributed by atoms with van der Waals surface area (Å²) in [5, 5.41) is 19.0. The predicted molar refractivity (Wildman–Crippen MR) is 73.3 cm³/mol. The van der Waals surface area contributed by atoms with Gasteiger partial charge in [-0.15, -0.1) is 0 Å². The molecule has 0 amide bonds. The van der Waals surface area contributed by atoms with Crippen molar-refractivity contribution in [1.82, 2.24) is 9.97 Å². The van der Waals surface area contributed by atoms with Crippen molar-refractivity contribution in [2.24, 2.45) is 4.99 Å². The molecule has 0 radical (unpaired) electrons. The van der Waals surface area contributed by atoms with E-state index in [1.807, 2.05) is 0 Å². The third-order valence-corrected chi connectivity index (χ3v) is 3.14. The molecule has 1 saturated heterocycles. The zero-order valence-corrected chi connectivity index (χ0v) is 11.0. The first-order valence-electron chi connectivity index (χ1n) is 6.01. The van der Waals surface area contributed by atoms with Crippen molar-refractivity contribution in [3.63, 3.8) is 0 Å². The van der Waals surface area contributed by atoms with Crippen LogP contribution >= 0.6 is 0 Å². The molecular weight excluding hydrogens is 266 g/mol. The third kappa shape index (κ3) is 2.50. The highest BCUT2D eigenvalue weighted by molar-refractivity contribution is 5.64. The SMILES string of the molecule is C=Nc1c(N(C)[C@@H]2OC(CO)C[C@@H]2O)nc(N)[nH]c1=O. The first-order chi connectivity index (χ1) is 9.47. The lowest BCUT2D eigenvalue weighted by atomic mass is 10.2. The van der Waals surface area contributed by atoms with Gasteiger partial charge in [-0.05, 0) is 6.72 Å². The number of hydrogen-bond donors (Lipinski definition) is 4. The summed E-state index contributed by atoms with van der Waals surface area (Å²) >= 11 is 0. The minimum Gasteiger partial charge on any atom is -0.394 e. The van der Waals surface area contributed by atoms with Crippen molar-refractivity contribution >= 4 is 24.2 Å². The standard InChI is InChI=1S/C11H17N5O4/c1-13-7-8(14-11(12)15-9(7)19)16(2)10-6(18)3-5(4-17)20-10/h5-6,10,17-18H,1,3-4H2,2H3,(H3,12,14,15,19)/t5?,6-,10+/m0/s1. The topological polar surface area (TPSA) is 137 Å². The molecule has 0 bridgehead atoms. The van der Waals surface area contributed by atoms with Crippen LogP contribution in [0, 0.1) is 0 Å². The number of aliphatic hydroxyl groups excluding tert-OH is 2. The summed E-state index contributed by atoms with van der Waals surface area (Å²) in [7, 11) is 1.59. The predicted octanol–water partition coefficient (Wildman–Crippen LogP) is -1.41. The van der Waals surface area contributed by atoms with Gasteiger partial charge >= 0.3 is 0 Å². The lowest BCUT2D eigenvalue weighted by Crippen LogP contribution is -2.40. The van der Waals surface area contributed by atoms with Gasteiger partial charge in [-0.25, -0.2) is 0 Å². The number of nitrogens with zero attached hydrogens (tertiary/aromatic N) is 3. The normalized spacial score (nSPS) is 25.6. The van der Waals surface area contributed by atoms with Crippen LogP contribution in [0.5, 0.6) is 0 Å². The average molecular weight is 283 g/mol. The van der Waals surface area contributed by atoms with E-state index in [9.17, 15) is 9.90 Å². The maximum Gasteiger partial charge on any atom is 0.280 e. The van der Waals surface area contributed by atoms with E-state index in [4.69, 9.17) is 15.6 Å². The fourth-order valence-corrected chi connectivity index (χ4v) is 2.18. The highest BCUT2D eigenvalue weighted by Crippen LogP contribution is 2.29. The fourth-order valence-electron chi connectivity index (χ4n) is 2.18. The number of nitrogens with two attached hydrogens (primary N) is 1. The summed E-state index contributed by atoms with van der Waals surface area (Å²) in [5.41, 5.74) is 4.97. The Bertz CT molecular complexity index is 560. The molecule has 2 heterocycles. The lowest BCUT2D eigenvalue weighted by molar-refractivity contribution is -0.00841. The second kappa shape index (κ2) is 5.57. The highest BCUT2D eigenvalue weighted by atomic mass is 16.5. The first-order valence-corrected chi connectivity index (χ1v) is 6.01. The number of aromatic nitrogens is 2. The number of ether oxygens (including phenoxy) is 1. The fraction of sp³-hybridized carbons (Fsp3) is 0.545. The molecular formula is C11H17N5O4. The molecule has 2 rings (SSSR count). The number of nitrogens with one attached hydrogen (secondary N) is 1. The molecule has 0 aliphatic carbocycles. The minimum atomic E-state index is -0.822. The van der Waals surface area contributed by atoms with E-state index in [2.05, 4.69) is 21.7 Å². The van der Waals surface area contributed by atoms with E-state index in [1.54, 1.807) is 7.05 Å². The van der Waals surface area contributed by atoms with Gasteiger partial charge in [0.2, 0.25) is 5.95 Å². The second-order valence-electron chi connectivity index (χ2n) is 4.53. The van der Waals surface area contributed by atoms with Crippen LogP contribution in [0.3, 0.4) is 0 Å². The van der Waals surface area contributed by atoms with Crippen LogP contribution in [-0.4, -0.2) is 59.0 Å². The number of nitrogen functional groups attached to an aromatic ring is 1. The molecule has 0 spiro atoms. The van der Waals surface area contributed by atoms with Crippen LogP contribution in [0.15, 0.2) is 9.79 Å². The van der Waals surface area contributed by atoms with E-state index in [0.29, 0.717) is 6.42 Å². The lowest BCUT2D eigenvalue weighted by Gasteiger charge is -2.28. The van der Waals surface area contributed by atoms with Crippen molar-refractivity contribution < 1.29 is 14.9 Å². The first kappa shape index (κ1) is 14.4. The molecule has 110 valence electrons. The van der Waals surface area contributed by atoms with Crippen LogP contribution < -0.4 is 16.2 Å². The number of anilines is 2. The van der Waals surface area contributed by atoms with E-state index < -0.39 is 24.0 Å². The molecule has 0 saturated carbocycles. The summed E-state index contributed by atoms with van der Waals surface area (Å²) in [5.74, 6) is 0.0827. The van der Waals surface area contributed by atoms with Crippen molar-refractivity contribution in [2.45, 2.75) is 24.9 Å². The Hall–Kier alpha value is -1.97. The Labute approximate surface area is 114 Å². The Morgan fingerprint density at radius 2 is 2.40 bits per heavy atom. The summed E-state index contributed by atoms with van der Waals surface area (Å²) < 4.78 is 5.49. The zero-order chi connectivity index (χ0) is 14.9. The third-order valence-electron chi connectivity index (χ3n) is 3.14. The number of H-pyrrole nitrogens is 1. The molecule has 1 aromatic rings. The molecule has 1 aliphatic heterocycles. The van der Waals surface area contributed by atoms with Crippen molar-refractivity contribution in [3.05, 3.63) is 10.4 Å². The molecule has 5 N–H and O–H groups in total. The maximum absolute atomic E-state index is 11.7. The molecule has 20 heavy (non-hydrogen) atoms. The number of aliphatic imine (C=N–C) groups is 1. The van der Waals surface area contributed by atoms with Crippen LogP contribution in [0.4, 0.5) is 17.5 Å². The van der Waals surface area contributed by atoms with Gasteiger partial charge in [0.25, 0.3) is 5.56 Å². The van der Waals surface area contributed by atoms with Gasteiger partial charge in [0, 0.05) is 13.5 Å². The van der Waals surface area contributed by atoms with Gasteiger partial charge < -0.3 is 25.6 Å². The molecule has 1 unspecified atom stereocenters. The Morgan fingerprint density at radius 3 is 2.95 bits per heavy atom. The van der Waals surface area contributed by atoms with Gasteiger partial charge in [0.1, 0.15) is 6.10 Å². The van der Waals surface area contributed by atoms with Gasteiger partial charge in [-0.1, -0.05) is 0 Å². The second-order valence-corrected chi connectivity index (χ2v) is 4.53. The Morgan fingerprint density at radius 1 is 1.70 bits per heavy atom. The Kier molecular flexibility index (Phi) is 4.02. The summed E-state index contributed by atoms with van der Waals surface area (Å²) in [6.45, 7) is 3.12. The number of rotatable bonds is 4. The van der Waals surface area contributed by atoms with Gasteiger partial charge in [-0.3, -0.25) is 14.8 Å². The number of hydrogen-bond acceptors (Lipinski definition) is 8. The number of aliphatic hydroxyl groups is 2. The zero-order valence-electron chi connectivity index (χ0n) is 11.0. The number of likely N-dealkylation sites (N-methyl/N-ethyl adjacent to an activating group) is 1. The largest absolute Gasteiger partial charge is 0.394 e. The van der Waals surface area contributed by atoms with Crippen LogP contribution in [0.1, 0.15) is 6.42 Å². The minimum absolute atomic E-state index is 0.00931. The molecule has 3 atom stereocenters. The molecule has 1 aliphatic rings. The van der Waals surface area contributed by atoms with Crippen molar-refractivity contribution in [3.8, 4) is 0 Å². The molecule has 0 aromatic carbocycles. The Balaban J connectivity index is 2.36. The molecule has 1 aromatic heterocycles. The van der Waals surface area contributed by atoms with Crippen LogP contribution in [0.25, 0.3) is 0 Å². The maximum atomic E-state index is 11.7. The van der Waals surface area contributed by atoms with E-state index in [0.717, 1.165) is 0 Å². The quantitative estimate of drug-likeness (QED) is 0.498. The summed E-state index contributed by atoms with van der Waals surface area (Å²) in [6, 6.07) is 0. The van der Waals surface area contributed by atoms with E-state index in [1.165, 1.54) is 4.90 Å². The van der Waals surface area contributed by atoms with Gasteiger partial charge in [-0.2, -0.15) is 4.98 Å². The van der Waals surface area contributed by atoms with Gasteiger partial charge in [0.15, 0.2) is 17.7 Å². The smallest absolute Gasteiger partial charge is 0.280 e.